The third-order valence-corrected chi connectivity index (χ3v) is 6.75. The highest BCUT2D eigenvalue weighted by Gasteiger charge is 2.13. The lowest BCUT2D eigenvalue weighted by Crippen LogP contribution is -1.98. The molecule has 4 rings (SSSR count). The molecule has 1 unspecified atom stereocenters. The maximum atomic E-state index is 5.89. The summed E-state index contributed by atoms with van der Waals surface area (Å²) in [6.45, 7) is 1.19. The molecule has 29 heavy (non-hydrogen) atoms. The number of pyridine rings is 1. The number of hydrogen-bond donors (Lipinski definition) is 1. The molecule has 0 spiro atoms. The summed E-state index contributed by atoms with van der Waals surface area (Å²) in [6, 6.07) is 20.6. The molecule has 0 bridgehead atoms. The van der Waals surface area contributed by atoms with Crippen LogP contribution in [0.25, 0.3) is 17.0 Å². The number of thioether (sulfide) groups is 1. The Bertz CT molecular complexity index is 1120. The summed E-state index contributed by atoms with van der Waals surface area (Å²) in [5, 5.41) is 8.83. The highest BCUT2D eigenvalue weighted by atomic mass is 32.2. The van der Waals surface area contributed by atoms with Crippen molar-refractivity contribution in [1.29, 1.82) is 0 Å². The molecular weight excluding hydrogens is 419 g/mol. The fraction of sp³-hybridized carbons (Fsp3) is 0.143. The molecule has 0 aliphatic heterocycles. The Morgan fingerprint density at radius 3 is 2.59 bits per heavy atom. The van der Waals surface area contributed by atoms with E-state index in [9.17, 15) is 0 Å². The zero-order valence-corrected chi connectivity index (χ0v) is 18.5. The molecule has 2 heterocycles. The van der Waals surface area contributed by atoms with Gasteiger partial charge >= 0.3 is 0 Å². The fourth-order valence-corrected chi connectivity index (χ4v) is 5.15. The maximum Gasteiger partial charge on any atom is 0.169 e. The smallest absolute Gasteiger partial charge is 0.169 e. The number of nitrogens with two attached hydrogens (primary N) is 1. The zero-order chi connectivity index (χ0) is 20.1. The van der Waals surface area contributed by atoms with Crippen LogP contribution in [0.4, 0.5) is 0 Å². The van der Waals surface area contributed by atoms with E-state index in [1.165, 1.54) is 0 Å². The van der Waals surface area contributed by atoms with E-state index in [1.54, 1.807) is 23.5 Å². The molecule has 2 N–H and O–H groups in total. The molecule has 0 fully saturated rings. The Morgan fingerprint density at radius 2 is 1.76 bits per heavy atom. The molecule has 0 radical (unpaired) electrons. The van der Waals surface area contributed by atoms with Gasteiger partial charge in [-0.1, -0.05) is 48.2 Å². The predicted octanol–water partition coefficient (Wildman–Crippen LogP) is 4.91. The molecule has 2 aromatic heterocycles. The van der Waals surface area contributed by atoms with Gasteiger partial charge in [-0.2, -0.15) is 0 Å². The van der Waals surface area contributed by atoms with Crippen LogP contribution in [-0.2, 0) is 11.1 Å². The summed E-state index contributed by atoms with van der Waals surface area (Å²) in [7, 11) is 2.29. The first kappa shape index (κ1) is 20.4. The number of nitrogens with zero attached hydrogens (tertiary/aromatic N) is 3. The largest absolute Gasteiger partial charge is 0.365 e. The molecule has 0 aliphatic rings. The first-order valence-electron chi connectivity index (χ1n) is 9.14. The van der Waals surface area contributed by atoms with Crippen molar-refractivity contribution in [3.05, 3.63) is 72.4 Å². The SMILES string of the molecule is NCc1ccccc1Sc1ccc2nnc(-c3ccccc3SCCOP)n2c1. The lowest BCUT2D eigenvalue weighted by molar-refractivity contribution is 0.404. The van der Waals surface area contributed by atoms with Gasteiger partial charge in [-0.25, -0.2) is 0 Å². The Kier molecular flexibility index (Phi) is 6.85. The first-order valence-corrected chi connectivity index (χ1v) is 11.4. The van der Waals surface area contributed by atoms with Crippen LogP contribution in [0.5, 0.6) is 0 Å². The van der Waals surface area contributed by atoms with Crippen LogP contribution in [-0.4, -0.2) is 27.0 Å². The number of benzene rings is 2. The number of fused-ring (bicyclic) bond motifs is 1. The summed E-state index contributed by atoms with van der Waals surface area (Å²) < 4.78 is 7.16. The minimum Gasteiger partial charge on any atom is -0.365 e. The van der Waals surface area contributed by atoms with Crippen LogP contribution < -0.4 is 5.73 Å². The Hall–Kier alpha value is -1.89. The van der Waals surface area contributed by atoms with E-state index in [-0.39, 0.29) is 0 Å². The summed E-state index contributed by atoms with van der Waals surface area (Å²) in [5.74, 6) is 1.71. The van der Waals surface area contributed by atoms with Gasteiger partial charge in [0.05, 0.1) is 6.61 Å². The van der Waals surface area contributed by atoms with Crippen molar-refractivity contribution >= 4 is 38.6 Å². The van der Waals surface area contributed by atoms with Crippen LogP contribution in [0, 0.1) is 0 Å². The normalized spacial score (nSPS) is 11.2. The van der Waals surface area contributed by atoms with Gasteiger partial charge in [0.2, 0.25) is 0 Å². The van der Waals surface area contributed by atoms with Crippen molar-refractivity contribution in [2.24, 2.45) is 5.73 Å². The number of hydrogen-bond acceptors (Lipinski definition) is 6. The van der Waals surface area contributed by atoms with Crippen molar-refractivity contribution < 1.29 is 4.52 Å². The van der Waals surface area contributed by atoms with Crippen LogP contribution in [0.15, 0.2) is 81.5 Å². The molecule has 0 aliphatic carbocycles. The zero-order valence-electron chi connectivity index (χ0n) is 15.7. The topological polar surface area (TPSA) is 65.4 Å². The summed E-state index contributed by atoms with van der Waals surface area (Å²) >= 11 is 3.45. The standard InChI is InChI=1S/C21H21N4OPS2/c22-13-15-5-1-3-7-18(15)29-16-9-10-20-23-24-21(25(20)14-16)17-6-2-4-8-19(17)28-12-11-26-27/h1-10,14H,11-13,22,27H2. The predicted molar refractivity (Wildman–Crippen MR) is 123 cm³/mol. The van der Waals surface area contributed by atoms with E-state index < -0.39 is 0 Å². The first-order chi connectivity index (χ1) is 14.3. The summed E-state index contributed by atoms with van der Waals surface area (Å²) in [4.78, 5) is 3.44. The van der Waals surface area contributed by atoms with Gasteiger partial charge in [0.1, 0.15) is 0 Å². The average Bonchev–Trinajstić information content (AvgIpc) is 3.18. The summed E-state index contributed by atoms with van der Waals surface area (Å²) in [5.41, 5.74) is 8.92. The van der Waals surface area contributed by atoms with E-state index in [0.29, 0.717) is 13.2 Å². The van der Waals surface area contributed by atoms with E-state index in [2.05, 4.69) is 60.6 Å². The third kappa shape index (κ3) is 4.65. The Morgan fingerprint density at radius 1 is 0.966 bits per heavy atom. The minimum absolute atomic E-state index is 0.522. The van der Waals surface area contributed by atoms with Crippen molar-refractivity contribution in [3.8, 4) is 11.4 Å². The van der Waals surface area contributed by atoms with Gasteiger partial charge < -0.3 is 10.3 Å². The Balaban J connectivity index is 1.70. The second-order valence-electron chi connectivity index (χ2n) is 6.25. The maximum absolute atomic E-state index is 5.89. The molecule has 4 aromatic rings. The molecule has 148 valence electrons. The summed E-state index contributed by atoms with van der Waals surface area (Å²) in [6.07, 6.45) is 2.09. The molecule has 0 saturated carbocycles. The van der Waals surface area contributed by atoms with Crippen molar-refractivity contribution in [2.45, 2.75) is 21.2 Å². The van der Waals surface area contributed by atoms with Crippen molar-refractivity contribution in [3.63, 3.8) is 0 Å². The second kappa shape index (κ2) is 9.74. The van der Waals surface area contributed by atoms with Gasteiger partial charge in [0.15, 0.2) is 11.5 Å². The lowest BCUT2D eigenvalue weighted by atomic mass is 10.2. The minimum atomic E-state index is 0.522. The molecule has 2 aromatic carbocycles. The van der Waals surface area contributed by atoms with Gasteiger partial charge in [-0.3, -0.25) is 4.40 Å². The van der Waals surface area contributed by atoms with Crippen LogP contribution in [0.2, 0.25) is 0 Å². The molecular formula is C21H21N4OPS2. The van der Waals surface area contributed by atoms with Gasteiger partial charge in [0.25, 0.3) is 0 Å². The van der Waals surface area contributed by atoms with E-state index in [1.807, 2.05) is 30.3 Å². The molecule has 5 nitrogen and oxygen atoms in total. The number of rotatable bonds is 8. The van der Waals surface area contributed by atoms with E-state index in [4.69, 9.17) is 10.3 Å². The van der Waals surface area contributed by atoms with E-state index in [0.717, 1.165) is 43.0 Å². The Labute approximate surface area is 180 Å². The van der Waals surface area contributed by atoms with Gasteiger partial charge in [-0.15, -0.1) is 22.0 Å². The van der Waals surface area contributed by atoms with E-state index >= 15 is 0 Å². The van der Waals surface area contributed by atoms with Crippen LogP contribution in [0.3, 0.4) is 0 Å². The van der Waals surface area contributed by atoms with Crippen molar-refractivity contribution in [2.75, 3.05) is 12.4 Å². The molecule has 0 amide bonds. The lowest BCUT2D eigenvalue weighted by Gasteiger charge is -2.10. The third-order valence-electron chi connectivity index (χ3n) is 4.38. The molecule has 0 saturated heterocycles. The average molecular weight is 441 g/mol. The number of aromatic nitrogens is 3. The molecule has 8 heteroatoms. The van der Waals surface area contributed by atoms with Gasteiger partial charge in [-0.05, 0) is 29.8 Å². The van der Waals surface area contributed by atoms with Crippen molar-refractivity contribution in [1.82, 2.24) is 14.6 Å². The second-order valence-corrected chi connectivity index (χ2v) is 8.83. The highest BCUT2D eigenvalue weighted by Crippen LogP contribution is 2.33. The van der Waals surface area contributed by atoms with Crippen LogP contribution >= 0.6 is 33.0 Å². The quantitative estimate of drug-likeness (QED) is 0.239. The monoisotopic (exact) mass is 440 g/mol. The fourth-order valence-electron chi connectivity index (χ4n) is 2.99. The van der Waals surface area contributed by atoms with Crippen LogP contribution in [0.1, 0.15) is 5.56 Å². The van der Waals surface area contributed by atoms with Gasteiger partial charge in [0, 0.05) is 48.2 Å². The highest BCUT2D eigenvalue weighted by molar-refractivity contribution is 7.99. The molecule has 1 atom stereocenters.